The highest BCUT2D eigenvalue weighted by atomic mass is 32.2. The van der Waals surface area contributed by atoms with Crippen LogP contribution in [0, 0.1) is 17.1 Å². The molecule has 0 aliphatic carbocycles. The van der Waals surface area contributed by atoms with Crippen LogP contribution in [0.4, 0.5) is 10.1 Å². The molecule has 0 spiro atoms. The standard InChI is InChI=1S/C17H16FN3O4S/c1-21(26(23,24)14-6-3-12(10-19)4-7-14)11-17(22)20-13-5-8-16(25-2)15(18)9-13/h3-9H,11H2,1-2H3,(H,20,22). The molecule has 2 rings (SSSR count). The van der Waals surface area contributed by atoms with E-state index in [4.69, 9.17) is 10.00 Å². The fourth-order valence-corrected chi connectivity index (χ4v) is 3.24. The van der Waals surface area contributed by atoms with E-state index in [-0.39, 0.29) is 16.3 Å². The lowest BCUT2D eigenvalue weighted by molar-refractivity contribution is -0.116. The zero-order valence-electron chi connectivity index (χ0n) is 14.1. The number of methoxy groups -OCH3 is 1. The van der Waals surface area contributed by atoms with E-state index in [9.17, 15) is 17.6 Å². The van der Waals surface area contributed by atoms with Crippen molar-refractivity contribution in [2.75, 3.05) is 26.0 Å². The van der Waals surface area contributed by atoms with Crippen LogP contribution in [0.3, 0.4) is 0 Å². The monoisotopic (exact) mass is 377 g/mol. The zero-order valence-corrected chi connectivity index (χ0v) is 14.9. The van der Waals surface area contributed by atoms with E-state index in [1.54, 1.807) is 0 Å². The minimum atomic E-state index is -3.90. The number of carbonyl (C=O) groups is 1. The molecule has 0 fully saturated rings. The van der Waals surface area contributed by atoms with E-state index in [1.807, 2.05) is 6.07 Å². The van der Waals surface area contributed by atoms with E-state index in [0.717, 1.165) is 10.4 Å². The van der Waals surface area contributed by atoms with Crippen molar-refractivity contribution in [2.24, 2.45) is 0 Å². The van der Waals surface area contributed by atoms with Crippen LogP contribution in [0.2, 0.25) is 0 Å². The fourth-order valence-electron chi connectivity index (χ4n) is 2.11. The Hall–Kier alpha value is -2.96. The van der Waals surface area contributed by atoms with Gasteiger partial charge in [-0.05, 0) is 36.4 Å². The van der Waals surface area contributed by atoms with Crippen LogP contribution in [0.5, 0.6) is 5.75 Å². The summed E-state index contributed by atoms with van der Waals surface area (Å²) in [4.78, 5) is 12.0. The Labute approximate surface area is 150 Å². The van der Waals surface area contributed by atoms with Crippen LogP contribution >= 0.6 is 0 Å². The first-order chi connectivity index (χ1) is 12.3. The van der Waals surface area contributed by atoms with Crippen LogP contribution < -0.4 is 10.1 Å². The summed E-state index contributed by atoms with van der Waals surface area (Å²) in [5.41, 5.74) is 0.503. The van der Waals surface area contributed by atoms with Gasteiger partial charge in [0.25, 0.3) is 0 Å². The molecule has 1 N–H and O–H groups in total. The number of halogens is 1. The molecule has 0 aliphatic rings. The second kappa shape index (κ2) is 7.95. The van der Waals surface area contributed by atoms with Crippen molar-refractivity contribution >= 4 is 21.6 Å². The molecule has 0 saturated heterocycles. The Kier molecular flexibility index (Phi) is 5.92. The Morgan fingerprint density at radius 3 is 2.46 bits per heavy atom. The normalized spacial score (nSPS) is 11.0. The smallest absolute Gasteiger partial charge is 0.243 e. The minimum absolute atomic E-state index is 0.0310. The summed E-state index contributed by atoms with van der Waals surface area (Å²) in [5.74, 6) is -1.25. The number of anilines is 1. The lowest BCUT2D eigenvalue weighted by Crippen LogP contribution is -2.35. The molecule has 0 atom stereocenters. The molecule has 0 aliphatic heterocycles. The highest BCUT2D eigenvalue weighted by Gasteiger charge is 2.23. The fraction of sp³-hybridized carbons (Fsp3) is 0.176. The molecule has 0 radical (unpaired) electrons. The summed E-state index contributed by atoms with van der Waals surface area (Å²) in [5, 5.41) is 11.2. The number of likely N-dealkylation sites (N-methyl/N-ethyl adjacent to an activating group) is 1. The number of hydrogen-bond acceptors (Lipinski definition) is 5. The van der Waals surface area contributed by atoms with Crippen LogP contribution in [0.1, 0.15) is 5.56 Å². The highest BCUT2D eigenvalue weighted by molar-refractivity contribution is 7.89. The van der Waals surface area contributed by atoms with Gasteiger partial charge in [0.2, 0.25) is 15.9 Å². The van der Waals surface area contributed by atoms with Crippen molar-refractivity contribution in [2.45, 2.75) is 4.90 Å². The van der Waals surface area contributed by atoms with Gasteiger partial charge in [0, 0.05) is 18.8 Å². The van der Waals surface area contributed by atoms with Crippen LogP contribution in [0.15, 0.2) is 47.4 Å². The van der Waals surface area contributed by atoms with E-state index in [1.165, 1.54) is 50.6 Å². The summed E-state index contributed by atoms with van der Waals surface area (Å²) in [6.07, 6.45) is 0. The van der Waals surface area contributed by atoms with Gasteiger partial charge in [0.15, 0.2) is 11.6 Å². The number of sulfonamides is 1. The first kappa shape index (κ1) is 19.4. The Morgan fingerprint density at radius 2 is 1.92 bits per heavy atom. The van der Waals surface area contributed by atoms with Crippen molar-refractivity contribution in [3.63, 3.8) is 0 Å². The molecule has 0 unspecified atom stereocenters. The third-order valence-electron chi connectivity index (χ3n) is 3.49. The summed E-state index contributed by atoms with van der Waals surface area (Å²) in [6.45, 7) is -0.462. The van der Waals surface area contributed by atoms with Crippen molar-refractivity contribution in [1.29, 1.82) is 5.26 Å². The topological polar surface area (TPSA) is 99.5 Å². The molecular formula is C17H16FN3O4S. The van der Waals surface area contributed by atoms with Gasteiger partial charge in [0.05, 0.1) is 30.2 Å². The quantitative estimate of drug-likeness (QED) is 0.830. The number of nitrogens with one attached hydrogen (secondary N) is 1. The molecule has 0 aromatic heterocycles. The summed E-state index contributed by atoms with van der Waals surface area (Å²) in [6, 6.07) is 11.1. The third-order valence-corrected chi connectivity index (χ3v) is 5.31. The van der Waals surface area contributed by atoms with Crippen LogP contribution in [-0.4, -0.2) is 39.3 Å². The van der Waals surface area contributed by atoms with Gasteiger partial charge >= 0.3 is 0 Å². The maximum Gasteiger partial charge on any atom is 0.243 e. The average Bonchev–Trinajstić information content (AvgIpc) is 2.61. The predicted molar refractivity (Wildman–Crippen MR) is 92.6 cm³/mol. The Bertz CT molecular complexity index is 953. The van der Waals surface area contributed by atoms with Crippen molar-refractivity contribution in [3.05, 3.63) is 53.8 Å². The maximum absolute atomic E-state index is 13.6. The molecule has 0 saturated carbocycles. The second-order valence-electron chi connectivity index (χ2n) is 5.29. The molecule has 2 aromatic rings. The first-order valence-corrected chi connectivity index (χ1v) is 8.82. The molecule has 9 heteroatoms. The van der Waals surface area contributed by atoms with Gasteiger partial charge in [0.1, 0.15) is 0 Å². The number of hydrogen-bond donors (Lipinski definition) is 1. The van der Waals surface area contributed by atoms with Gasteiger partial charge in [-0.2, -0.15) is 9.57 Å². The van der Waals surface area contributed by atoms with Crippen LogP contribution in [0.25, 0.3) is 0 Å². The maximum atomic E-state index is 13.6. The first-order valence-electron chi connectivity index (χ1n) is 7.38. The second-order valence-corrected chi connectivity index (χ2v) is 7.34. The molecule has 2 aromatic carbocycles. The molecule has 0 heterocycles. The summed E-state index contributed by atoms with van der Waals surface area (Å²) < 4.78 is 44.2. The highest BCUT2D eigenvalue weighted by Crippen LogP contribution is 2.21. The van der Waals surface area contributed by atoms with E-state index in [2.05, 4.69) is 5.32 Å². The van der Waals surface area contributed by atoms with Crippen molar-refractivity contribution in [1.82, 2.24) is 4.31 Å². The molecule has 136 valence electrons. The minimum Gasteiger partial charge on any atom is -0.494 e. The summed E-state index contributed by atoms with van der Waals surface area (Å²) in [7, 11) is -1.33. The van der Waals surface area contributed by atoms with Crippen molar-refractivity contribution in [3.8, 4) is 11.8 Å². The lowest BCUT2D eigenvalue weighted by atomic mass is 10.2. The average molecular weight is 377 g/mol. The number of nitriles is 1. The zero-order chi connectivity index (χ0) is 19.3. The Balaban J connectivity index is 2.07. The van der Waals surface area contributed by atoms with Gasteiger partial charge in [-0.1, -0.05) is 0 Å². The van der Waals surface area contributed by atoms with Gasteiger partial charge < -0.3 is 10.1 Å². The number of benzene rings is 2. The molecule has 7 nitrogen and oxygen atoms in total. The summed E-state index contributed by atoms with van der Waals surface area (Å²) >= 11 is 0. The molecular weight excluding hydrogens is 361 g/mol. The SMILES string of the molecule is COc1ccc(NC(=O)CN(C)S(=O)(=O)c2ccc(C#N)cc2)cc1F. The molecule has 1 amide bonds. The van der Waals surface area contributed by atoms with Gasteiger partial charge in [-0.25, -0.2) is 12.8 Å². The number of amides is 1. The molecule has 26 heavy (non-hydrogen) atoms. The number of rotatable bonds is 6. The number of ether oxygens (including phenoxy) is 1. The van der Waals surface area contributed by atoms with E-state index >= 15 is 0 Å². The molecule has 0 bridgehead atoms. The van der Waals surface area contributed by atoms with Crippen LogP contribution in [-0.2, 0) is 14.8 Å². The Morgan fingerprint density at radius 1 is 1.27 bits per heavy atom. The number of nitrogens with zero attached hydrogens (tertiary/aromatic N) is 2. The van der Waals surface area contributed by atoms with Gasteiger partial charge in [-0.3, -0.25) is 4.79 Å². The van der Waals surface area contributed by atoms with E-state index < -0.39 is 28.3 Å². The number of carbonyl (C=O) groups excluding carboxylic acids is 1. The predicted octanol–water partition coefficient (Wildman–Crippen LogP) is 1.97. The lowest BCUT2D eigenvalue weighted by Gasteiger charge is -2.17. The van der Waals surface area contributed by atoms with Crippen molar-refractivity contribution < 1.29 is 22.3 Å². The third kappa shape index (κ3) is 4.36. The van der Waals surface area contributed by atoms with E-state index in [0.29, 0.717) is 5.56 Å². The largest absolute Gasteiger partial charge is 0.494 e. The van der Waals surface area contributed by atoms with Gasteiger partial charge in [-0.15, -0.1) is 0 Å².